The Labute approximate surface area is 95.6 Å². The van der Waals surface area contributed by atoms with Gasteiger partial charge in [0.25, 0.3) is 0 Å². The fourth-order valence-corrected chi connectivity index (χ4v) is 1.89. The monoisotopic (exact) mass is 219 g/mol. The maximum atomic E-state index is 11.5. The van der Waals surface area contributed by atoms with Crippen LogP contribution in [0, 0.1) is 0 Å². The highest BCUT2D eigenvalue weighted by molar-refractivity contribution is 6.01. The predicted molar refractivity (Wildman–Crippen MR) is 65.8 cm³/mol. The van der Waals surface area contributed by atoms with Gasteiger partial charge >= 0.3 is 0 Å². The second kappa shape index (κ2) is 4.99. The summed E-state index contributed by atoms with van der Waals surface area (Å²) in [4.78, 5) is 13.6. The third kappa shape index (κ3) is 2.33. The van der Waals surface area contributed by atoms with Gasteiger partial charge in [-0.05, 0) is 18.7 Å². The molecule has 0 aliphatic carbocycles. The fourth-order valence-electron chi connectivity index (χ4n) is 1.89. The number of anilines is 2. The Morgan fingerprint density at radius 2 is 2.25 bits per heavy atom. The number of likely N-dealkylation sites (N-methyl/N-ethyl adjacent to an activating group) is 1. The molecule has 0 saturated heterocycles. The van der Waals surface area contributed by atoms with Gasteiger partial charge in [0.15, 0.2) is 0 Å². The third-order valence-electron chi connectivity index (χ3n) is 2.66. The van der Waals surface area contributed by atoms with Crippen LogP contribution in [-0.4, -0.2) is 32.1 Å². The Kier molecular flexibility index (Phi) is 3.41. The Morgan fingerprint density at radius 1 is 1.44 bits per heavy atom. The zero-order chi connectivity index (χ0) is 11.4. The molecule has 0 unspecified atom stereocenters. The smallest absolute Gasteiger partial charge is 0.243 e. The number of hydrogen-bond donors (Lipinski definition) is 2. The summed E-state index contributed by atoms with van der Waals surface area (Å²) in [7, 11) is 0. The van der Waals surface area contributed by atoms with Crippen molar-refractivity contribution in [2.45, 2.75) is 6.92 Å². The summed E-state index contributed by atoms with van der Waals surface area (Å²) < 4.78 is 0. The summed E-state index contributed by atoms with van der Waals surface area (Å²) in [6.07, 6.45) is 0. The lowest BCUT2D eigenvalue weighted by atomic mass is 10.2. The van der Waals surface area contributed by atoms with Crippen LogP contribution in [0.3, 0.4) is 0 Å². The van der Waals surface area contributed by atoms with Crippen molar-refractivity contribution in [3.8, 4) is 0 Å². The zero-order valence-electron chi connectivity index (χ0n) is 9.49. The molecule has 0 radical (unpaired) electrons. The molecule has 0 atom stereocenters. The average Bonchev–Trinajstić information content (AvgIpc) is 2.29. The van der Waals surface area contributed by atoms with Gasteiger partial charge < -0.3 is 15.5 Å². The number of fused-ring (bicyclic) bond motifs is 1. The van der Waals surface area contributed by atoms with E-state index in [1.165, 1.54) is 0 Å². The minimum absolute atomic E-state index is 0.0650. The normalized spacial score (nSPS) is 14.6. The molecule has 0 saturated carbocycles. The first-order valence-corrected chi connectivity index (χ1v) is 5.66. The van der Waals surface area contributed by atoms with Crippen LogP contribution in [0.4, 0.5) is 11.4 Å². The molecule has 1 amide bonds. The first kappa shape index (κ1) is 11.0. The van der Waals surface area contributed by atoms with Gasteiger partial charge in [0, 0.05) is 13.1 Å². The Hall–Kier alpha value is -1.55. The van der Waals surface area contributed by atoms with E-state index in [0.29, 0.717) is 6.54 Å². The van der Waals surface area contributed by atoms with Gasteiger partial charge in [0.2, 0.25) is 5.91 Å². The molecule has 2 N–H and O–H groups in total. The number of carbonyl (C=O) groups excluding carboxylic acids is 1. The summed E-state index contributed by atoms with van der Waals surface area (Å²) in [5, 5.41) is 6.15. The molecule has 1 aliphatic heterocycles. The second-order valence-corrected chi connectivity index (χ2v) is 3.84. The summed E-state index contributed by atoms with van der Waals surface area (Å²) >= 11 is 0. The molecule has 4 nitrogen and oxygen atoms in total. The third-order valence-corrected chi connectivity index (χ3v) is 2.66. The van der Waals surface area contributed by atoms with Gasteiger partial charge in [0.1, 0.15) is 0 Å². The highest BCUT2D eigenvalue weighted by Crippen LogP contribution is 2.28. The highest BCUT2D eigenvalue weighted by Gasteiger charge is 2.20. The van der Waals surface area contributed by atoms with E-state index < -0.39 is 0 Å². The van der Waals surface area contributed by atoms with Gasteiger partial charge in [-0.25, -0.2) is 0 Å². The lowest BCUT2D eigenvalue weighted by Gasteiger charge is -2.30. The van der Waals surface area contributed by atoms with Crippen molar-refractivity contribution >= 4 is 17.3 Å². The minimum Gasteiger partial charge on any atom is -0.359 e. The van der Waals surface area contributed by atoms with Crippen molar-refractivity contribution in [3.05, 3.63) is 24.3 Å². The van der Waals surface area contributed by atoms with Crippen molar-refractivity contribution in [2.75, 3.05) is 36.4 Å². The molecule has 86 valence electrons. The number of benzene rings is 1. The molecule has 0 aromatic heterocycles. The highest BCUT2D eigenvalue weighted by atomic mass is 16.2. The summed E-state index contributed by atoms with van der Waals surface area (Å²) in [5.41, 5.74) is 2.02. The molecule has 1 aromatic carbocycles. The molecular weight excluding hydrogens is 202 g/mol. The molecule has 4 heteroatoms. The van der Waals surface area contributed by atoms with Crippen molar-refractivity contribution < 1.29 is 4.79 Å². The standard InChI is InChI=1S/C12H17N3O/c1-2-13-7-8-15-9-12(16)14-10-5-3-4-6-11(10)15/h3-6,13H,2,7-9H2,1H3,(H,14,16). The summed E-state index contributed by atoms with van der Waals surface area (Å²) in [6, 6.07) is 7.91. The Balaban J connectivity index is 2.10. The number of carbonyl (C=O) groups is 1. The molecule has 1 aromatic rings. The Bertz CT molecular complexity index is 378. The fraction of sp³-hybridized carbons (Fsp3) is 0.417. The molecule has 0 spiro atoms. The first-order valence-electron chi connectivity index (χ1n) is 5.66. The van der Waals surface area contributed by atoms with E-state index in [9.17, 15) is 4.79 Å². The molecule has 16 heavy (non-hydrogen) atoms. The number of nitrogens with zero attached hydrogens (tertiary/aromatic N) is 1. The van der Waals surface area contributed by atoms with E-state index in [1.54, 1.807) is 0 Å². The lowest BCUT2D eigenvalue weighted by molar-refractivity contribution is -0.115. The van der Waals surface area contributed by atoms with Gasteiger partial charge in [0.05, 0.1) is 17.9 Å². The van der Waals surface area contributed by atoms with Crippen molar-refractivity contribution in [3.63, 3.8) is 0 Å². The van der Waals surface area contributed by atoms with Crippen molar-refractivity contribution in [1.82, 2.24) is 5.32 Å². The van der Waals surface area contributed by atoms with Gasteiger partial charge in [-0.3, -0.25) is 4.79 Å². The molecule has 0 fully saturated rings. The maximum Gasteiger partial charge on any atom is 0.243 e. The Morgan fingerprint density at radius 3 is 3.06 bits per heavy atom. The summed E-state index contributed by atoms with van der Waals surface area (Å²) in [5.74, 6) is 0.0650. The molecule has 1 heterocycles. The van der Waals surface area contributed by atoms with Gasteiger partial charge in [-0.15, -0.1) is 0 Å². The number of hydrogen-bond acceptors (Lipinski definition) is 3. The largest absolute Gasteiger partial charge is 0.359 e. The molecule has 0 bridgehead atoms. The van der Waals surface area contributed by atoms with Crippen LogP contribution in [0.2, 0.25) is 0 Å². The molecular formula is C12H17N3O. The van der Waals surface area contributed by atoms with Crippen molar-refractivity contribution in [2.24, 2.45) is 0 Å². The van der Waals surface area contributed by atoms with Crippen LogP contribution in [0.5, 0.6) is 0 Å². The number of amides is 1. The van der Waals surface area contributed by atoms with Crippen LogP contribution in [0.1, 0.15) is 6.92 Å². The van der Waals surface area contributed by atoms with E-state index in [2.05, 4.69) is 22.5 Å². The quantitative estimate of drug-likeness (QED) is 0.744. The van der Waals surface area contributed by atoms with Crippen LogP contribution in [-0.2, 0) is 4.79 Å². The second-order valence-electron chi connectivity index (χ2n) is 3.84. The zero-order valence-corrected chi connectivity index (χ0v) is 9.49. The van der Waals surface area contributed by atoms with E-state index in [4.69, 9.17) is 0 Å². The predicted octanol–water partition coefficient (Wildman–Crippen LogP) is 1.05. The first-order chi connectivity index (χ1) is 7.81. The van der Waals surface area contributed by atoms with E-state index in [0.717, 1.165) is 31.0 Å². The molecule has 1 aliphatic rings. The van der Waals surface area contributed by atoms with Gasteiger partial charge in [-0.2, -0.15) is 0 Å². The molecule has 2 rings (SSSR count). The van der Waals surface area contributed by atoms with E-state index >= 15 is 0 Å². The topological polar surface area (TPSA) is 44.4 Å². The van der Waals surface area contributed by atoms with E-state index in [1.807, 2.05) is 24.3 Å². The lowest BCUT2D eigenvalue weighted by Crippen LogP contribution is -2.41. The number of rotatable bonds is 4. The van der Waals surface area contributed by atoms with Crippen LogP contribution in [0.25, 0.3) is 0 Å². The SMILES string of the molecule is CCNCCN1CC(=O)Nc2ccccc21. The van der Waals surface area contributed by atoms with Crippen molar-refractivity contribution in [1.29, 1.82) is 0 Å². The number of nitrogens with one attached hydrogen (secondary N) is 2. The summed E-state index contributed by atoms with van der Waals surface area (Å²) in [6.45, 7) is 5.25. The number of para-hydroxylation sites is 2. The van der Waals surface area contributed by atoms with Gasteiger partial charge in [-0.1, -0.05) is 19.1 Å². The minimum atomic E-state index is 0.0650. The van der Waals surface area contributed by atoms with Crippen LogP contribution < -0.4 is 15.5 Å². The van der Waals surface area contributed by atoms with Crippen LogP contribution >= 0.6 is 0 Å². The van der Waals surface area contributed by atoms with E-state index in [-0.39, 0.29) is 5.91 Å². The maximum absolute atomic E-state index is 11.5. The van der Waals surface area contributed by atoms with Crippen LogP contribution in [0.15, 0.2) is 24.3 Å². The average molecular weight is 219 g/mol.